The number of nitrogens with one attached hydrogen (secondary N) is 1. The summed E-state index contributed by atoms with van der Waals surface area (Å²) in [5.41, 5.74) is 3.27. The van der Waals surface area contributed by atoms with Gasteiger partial charge < -0.3 is 5.32 Å². The maximum Gasteiger partial charge on any atom is 0.156 e. The summed E-state index contributed by atoms with van der Waals surface area (Å²) in [5.74, 6) is 0. The van der Waals surface area contributed by atoms with Gasteiger partial charge in [-0.25, -0.2) is 4.98 Å². The average Bonchev–Trinajstić information content (AvgIpc) is 2.69. The predicted octanol–water partition coefficient (Wildman–Crippen LogP) is 2.90. The summed E-state index contributed by atoms with van der Waals surface area (Å²) < 4.78 is 1.93. The van der Waals surface area contributed by atoms with Crippen molar-refractivity contribution in [3.63, 3.8) is 0 Å². The molecule has 0 aliphatic rings. The fourth-order valence-corrected chi connectivity index (χ4v) is 2.05. The van der Waals surface area contributed by atoms with Gasteiger partial charge in [-0.2, -0.15) is 0 Å². The van der Waals surface area contributed by atoms with Crippen molar-refractivity contribution in [2.24, 2.45) is 4.99 Å². The molecule has 0 fully saturated rings. The van der Waals surface area contributed by atoms with Crippen LogP contribution in [0.5, 0.6) is 0 Å². The van der Waals surface area contributed by atoms with Gasteiger partial charge in [0.25, 0.3) is 0 Å². The molecule has 0 aliphatic carbocycles. The third-order valence-corrected chi connectivity index (χ3v) is 2.93. The zero-order valence-corrected chi connectivity index (χ0v) is 11.2. The monoisotopic (exact) mass is 262 g/mol. The Morgan fingerprint density at radius 1 is 1.67 bits per heavy atom. The molecule has 94 valence electrons. The highest BCUT2D eigenvalue weighted by Gasteiger charge is 2.13. The topological polar surface area (TPSA) is 41.7 Å². The van der Waals surface area contributed by atoms with Crippen molar-refractivity contribution >= 4 is 29.7 Å². The number of hydrogen-bond acceptors (Lipinski definition) is 3. The number of aromatic nitrogens is 2. The van der Waals surface area contributed by atoms with Crippen molar-refractivity contribution in [1.29, 1.82) is 0 Å². The van der Waals surface area contributed by atoms with Gasteiger partial charge in [0.2, 0.25) is 0 Å². The number of hydrogen-bond donors (Lipinski definition) is 1. The maximum atomic E-state index is 6.13. The van der Waals surface area contributed by atoms with Crippen LogP contribution in [0.1, 0.15) is 18.3 Å². The van der Waals surface area contributed by atoms with Gasteiger partial charge in [-0.1, -0.05) is 11.6 Å². The Balaban J connectivity index is 2.66. The number of fused-ring (bicyclic) bond motifs is 1. The zero-order chi connectivity index (χ0) is 13.1. The Labute approximate surface area is 111 Å². The van der Waals surface area contributed by atoms with Crippen LogP contribution >= 0.6 is 11.6 Å². The highest BCUT2D eigenvalue weighted by atomic mass is 35.5. The largest absolute Gasteiger partial charge is 0.389 e. The quantitative estimate of drug-likeness (QED) is 0.861. The minimum Gasteiger partial charge on any atom is -0.389 e. The summed E-state index contributed by atoms with van der Waals surface area (Å²) in [4.78, 5) is 8.52. The summed E-state index contributed by atoms with van der Waals surface area (Å²) in [5, 5.41) is 3.75. The highest BCUT2D eigenvalue weighted by Crippen LogP contribution is 2.24. The lowest BCUT2D eigenvalue weighted by atomic mass is 10.2. The molecule has 5 heteroatoms. The second-order valence-corrected chi connectivity index (χ2v) is 4.25. The number of imidazole rings is 1. The van der Waals surface area contributed by atoms with Gasteiger partial charge in [0, 0.05) is 18.9 Å². The van der Waals surface area contributed by atoms with Crippen molar-refractivity contribution in [3.8, 4) is 0 Å². The number of halogens is 1. The molecule has 0 aliphatic heterocycles. The molecule has 0 saturated heterocycles. The molecule has 0 radical (unpaired) electrons. The van der Waals surface area contributed by atoms with Crippen LogP contribution in [0.2, 0.25) is 5.02 Å². The fourth-order valence-electron chi connectivity index (χ4n) is 1.84. The van der Waals surface area contributed by atoms with E-state index in [0.29, 0.717) is 5.02 Å². The molecule has 0 spiro atoms. The molecule has 18 heavy (non-hydrogen) atoms. The number of nitrogens with zero attached hydrogens (tertiary/aromatic N) is 3. The molecule has 4 nitrogen and oxygen atoms in total. The summed E-state index contributed by atoms with van der Waals surface area (Å²) in [6, 6.07) is 3.70. The molecule has 2 aromatic heterocycles. The molecule has 2 aromatic rings. The number of pyridine rings is 1. The van der Waals surface area contributed by atoms with E-state index in [-0.39, 0.29) is 0 Å². The summed E-state index contributed by atoms with van der Waals surface area (Å²) in [6.07, 6.45) is 3.76. The fraction of sp³-hybridized carbons (Fsp3) is 0.231. The van der Waals surface area contributed by atoms with E-state index >= 15 is 0 Å². The van der Waals surface area contributed by atoms with E-state index in [4.69, 9.17) is 11.6 Å². The minimum atomic E-state index is 0.624. The van der Waals surface area contributed by atoms with Crippen LogP contribution in [0.4, 0.5) is 0 Å². The molecule has 0 unspecified atom stereocenters. The van der Waals surface area contributed by atoms with Crippen molar-refractivity contribution in [1.82, 2.24) is 14.7 Å². The van der Waals surface area contributed by atoms with Gasteiger partial charge in [0.15, 0.2) is 5.65 Å². The van der Waals surface area contributed by atoms with Gasteiger partial charge in [0.1, 0.15) is 5.70 Å². The molecule has 0 atom stereocenters. The second-order valence-electron chi connectivity index (χ2n) is 3.84. The van der Waals surface area contributed by atoms with Gasteiger partial charge >= 0.3 is 0 Å². The van der Waals surface area contributed by atoms with Crippen LogP contribution in [0, 0.1) is 6.92 Å². The Bertz CT molecular complexity index is 613. The van der Waals surface area contributed by atoms with Crippen LogP contribution in [-0.4, -0.2) is 22.6 Å². The van der Waals surface area contributed by atoms with E-state index < -0.39 is 0 Å². The molecule has 0 saturated carbocycles. The molecular weight excluding hydrogens is 248 g/mol. The van der Waals surface area contributed by atoms with Gasteiger partial charge in [0.05, 0.1) is 16.4 Å². The van der Waals surface area contributed by atoms with Crippen LogP contribution in [0.25, 0.3) is 11.3 Å². The molecule has 2 heterocycles. The smallest absolute Gasteiger partial charge is 0.156 e. The molecular formula is C13H15ClN4. The lowest BCUT2D eigenvalue weighted by Gasteiger charge is -2.04. The Morgan fingerprint density at radius 2 is 2.44 bits per heavy atom. The van der Waals surface area contributed by atoms with Gasteiger partial charge in [-0.15, -0.1) is 0 Å². The highest BCUT2D eigenvalue weighted by molar-refractivity contribution is 6.33. The van der Waals surface area contributed by atoms with Crippen molar-refractivity contribution in [3.05, 3.63) is 40.9 Å². The van der Waals surface area contributed by atoms with Crippen molar-refractivity contribution in [2.45, 2.75) is 13.8 Å². The second kappa shape index (κ2) is 5.23. The summed E-state index contributed by atoms with van der Waals surface area (Å²) >= 11 is 6.13. The first-order chi connectivity index (χ1) is 8.69. The lowest BCUT2D eigenvalue weighted by molar-refractivity contribution is 0.917. The first kappa shape index (κ1) is 12.6. The Hall–Kier alpha value is -1.81. The first-order valence-electron chi connectivity index (χ1n) is 5.72. The van der Waals surface area contributed by atoms with E-state index in [1.165, 1.54) is 0 Å². The Kier molecular flexibility index (Phi) is 3.67. The van der Waals surface area contributed by atoms with Crippen molar-refractivity contribution < 1.29 is 0 Å². The van der Waals surface area contributed by atoms with Crippen LogP contribution in [0.3, 0.4) is 0 Å². The molecule has 2 rings (SSSR count). The molecule has 0 aromatic carbocycles. The summed E-state index contributed by atoms with van der Waals surface area (Å²) in [7, 11) is 0. The minimum absolute atomic E-state index is 0.624. The average molecular weight is 263 g/mol. The SMILES string of the molecule is C=N/C(=C\NCC)c1c(C)nc2c(Cl)cccn12. The summed E-state index contributed by atoms with van der Waals surface area (Å²) in [6.45, 7) is 8.39. The Morgan fingerprint density at radius 3 is 3.11 bits per heavy atom. The van der Waals surface area contributed by atoms with E-state index in [0.717, 1.165) is 29.3 Å². The van der Waals surface area contributed by atoms with E-state index in [1.54, 1.807) is 0 Å². The zero-order valence-electron chi connectivity index (χ0n) is 10.4. The van der Waals surface area contributed by atoms with E-state index in [2.05, 4.69) is 22.0 Å². The van der Waals surface area contributed by atoms with Gasteiger partial charge in [-0.05, 0) is 32.7 Å². The van der Waals surface area contributed by atoms with Crippen LogP contribution in [0.15, 0.2) is 29.5 Å². The van der Waals surface area contributed by atoms with Gasteiger partial charge in [-0.3, -0.25) is 9.39 Å². The number of aliphatic imine (C=N–C) groups is 1. The molecule has 0 bridgehead atoms. The number of rotatable bonds is 4. The lowest BCUT2D eigenvalue weighted by Crippen LogP contribution is -2.04. The molecule has 1 N–H and O–H groups in total. The third kappa shape index (κ3) is 2.11. The third-order valence-electron chi connectivity index (χ3n) is 2.63. The first-order valence-corrected chi connectivity index (χ1v) is 6.10. The normalized spacial score (nSPS) is 11.8. The van der Waals surface area contributed by atoms with E-state index in [9.17, 15) is 0 Å². The standard InChI is InChI=1S/C13H15ClN4/c1-4-16-8-11(15-3)12-9(2)17-13-10(14)6-5-7-18(12)13/h5-8,16H,3-4H2,1-2H3/b11-8-. The van der Waals surface area contributed by atoms with E-state index in [1.807, 2.05) is 42.8 Å². The van der Waals surface area contributed by atoms with Crippen LogP contribution in [-0.2, 0) is 0 Å². The predicted molar refractivity (Wildman–Crippen MR) is 76.1 cm³/mol. The molecule has 0 amide bonds. The number of aryl methyl sites for hydroxylation is 1. The maximum absolute atomic E-state index is 6.13. The van der Waals surface area contributed by atoms with Crippen molar-refractivity contribution in [2.75, 3.05) is 6.54 Å². The van der Waals surface area contributed by atoms with Crippen LogP contribution < -0.4 is 5.32 Å².